The zero-order valence-electron chi connectivity index (χ0n) is 14.4. The molecule has 0 spiro atoms. The minimum Gasteiger partial charge on any atom is -0.492 e. The Kier molecular flexibility index (Phi) is 8.36. The van der Waals surface area contributed by atoms with Crippen LogP contribution in [0.15, 0.2) is 42.5 Å². The van der Waals surface area contributed by atoms with Crippen molar-refractivity contribution in [3.63, 3.8) is 0 Å². The third kappa shape index (κ3) is 6.73. The van der Waals surface area contributed by atoms with Gasteiger partial charge in [0.25, 0.3) is 5.91 Å². The molecule has 0 aliphatic heterocycles. The summed E-state index contributed by atoms with van der Waals surface area (Å²) in [5.74, 6) is -0.909. The molecule has 2 aromatic rings. The summed E-state index contributed by atoms with van der Waals surface area (Å²) in [6.45, 7) is 0.743. The summed E-state index contributed by atoms with van der Waals surface area (Å²) >= 11 is 11.8. The monoisotopic (exact) mass is 412 g/mol. The van der Waals surface area contributed by atoms with Crippen LogP contribution in [0.2, 0.25) is 10.0 Å². The number of para-hydroxylation sites is 1. The van der Waals surface area contributed by atoms with E-state index in [-0.39, 0.29) is 36.0 Å². The molecule has 27 heavy (non-hydrogen) atoms. The van der Waals surface area contributed by atoms with E-state index < -0.39 is 11.7 Å². The number of halogens is 3. The van der Waals surface area contributed by atoms with Gasteiger partial charge in [-0.2, -0.15) is 0 Å². The van der Waals surface area contributed by atoms with Crippen molar-refractivity contribution in [2.75, 3.05) is 19.7 Å². The van der Waals surface area contributed by atoms with Crippen molar-refractivity contribution in [2.45, 2.75) is 12.8 Å². The molecule has 2 rings (SSSR count). The van der Waals surface area contributed by atoms with Gasteiger partial charge in [0.05, 0.1) is 22.2 Å². The first-order valence-corrected chi connectivity index (χ1v) is 9.11. The standard InChI is InChI=1S/C19H19Cl2FN2O3/c20-13-5-1-2-8-16(13)27-12-4-9-17(25)23-10-11-24-19(26)18-14(21)6-3-7-15(18)22/h1-3,5-8H,4,9-12H2,(H,23,25)(H,24,26). The average molecular weight is 413 g/mol. The Morgan fingerprint density at radius 2 is 1.67 bits per heavy atom. The first-order chi connectivity index (χ1) is 13.0. The third-order valence-electron chi connectivity index (χ3n) is 3.56. The zero-order valence-corrected chi connectivity index (χ0v) is 15.9. The van der Waals surface area contributed by atoms with E-state index in [0.717, 1.165) is 6.07 Å². The SMILES string of the molecule is O=C(CCCOc1ccccc1Cl)NCCNC(=O)c1c(F)cccc1Cl. The molecule has 5 nitrogen and oxygen atoms in total. The fraction of sp³-hybridized carbons (Fsp3) is 0.263. The van der Waals surface area contributed by atoms with Crippen molar-refractivity contribution in [3.8, 4) is 5.75 Å². The molecule has 0 aromatic heterocycles. The molecule has 0 unspecified atom stereocenters. The molecule has 0 saturated heterocycles. The van der Waals surface area contributed by atoms with Gasteiger partial charge in [-0.1, -0.05) is 41.4 Å². The molecule has 0 heterocycles. The molecule has 0 aliphatic rings. The lowest BCUT2D eigenvalue weighted by atomic mass is 10.2. The Balaban J connectivity index is 1.61. The number of nitrogens with one attached hydrogen (secondary N) is 2. The van der Waals surface area contributed by atoms with E-state index in [9.17, 15) is 14.0 Å². The largest absolute Gasteiger partial charge is 0.492 e. The molecule has 0 bridgehead atoms. The van der Waals surface area contributed by atoms with Gasteiger partial charge in [0.2, 0.25) is 5.91 Å². The normalized spacial score (nSPS) is 10.3. The van der Waals surface area contributed by atoms with Crippen molar-refractivity contribution < 1.29 is 18.7 Å². The lowest BCUT2D eigenvalue weighted by molar-refractivity contribution is -0.121. The lowest BCUT2D eigenvalue weighted by Gasteiger charge is -2.09. The van der Waals surface area contributed by atoms with Crippen molar-refractivity contribution in [3.05, 3.63) is 63.9 Å². The Labute approximate surface area is 166 Å². The summed E-state index contributed by atoms with van der Waals surface area (Å²) in [4.78, 5) is 23.7. The van der Waals surface area contributed by atoms with Crippen LogP contribution in [0.1, 0.15) is 23.2 Å². The van der Waals surface area contributed by atoms with E-state index in [4.69, 9.17) is 27.9 Å². The minimum atomic E-state index is -0.692. The minimum absolute atomic E-state index is 0.0371. The predicted octanol–water partition coefficient (Wildman–Crippen LogP) is 3.84. The quantitative estimate of drug-likeness (QED) is 0.614. The number of ether oxygens (including phenoxy) is 1. The van der Waals surface area contributed by atoms with E-state index in [1.807, 2.05) is 12.1 Å². The van der Waals surface area contributed by atoms with E-state index in [2.05, 4.69) is 10.6 Å². The maximum absolute atomic E-state index is 13.6. The van der Waals surface area contributed by atoms with Crippen LogP contribution in [0.5, 0.6) is 5.75 Å². The van der Waals surface area contributed by atoms with Crippen LogP contribution in [-0.2, 0) is 4.79 Å². The van der Waals surface area contributed by atoms with Gasteiger partial charge in [0.1, 0.15) is 11.6 Å². The maximum atomic E-state index is 13.6. The molecular weight excluding hydrogens is 394 g/mol. The summed E-state index contributed by atoms with van der Waals surface area (Å²) in [6.07, 6.45) is 0.797. The van der Waals surface area contributed by atoms with Crippen LogP contribution in [-0.4, -0.2) is 31.5 Å². The molecule has 2 aromatic carbocycles. The van der Waals surface area contributed by atoms with Crippen LogP contribution in [0.25, 0.3) is 0 Å². The molecule has 0 radical (unpaired) electrons. The molecular formula is C19H19Cl2FN2O3. The van der Waals surface area contributed by atoms with Gasteiger partial charge < -0.3 is 15.4 Å². The number of benzene rings is 2. The van der Waals surface area contributed by atoms with Crippen LogP contribution < -0.4 is 15.4 Å². The van der Waals surface area contributed by atoms with Gasteiger partial charge in [-0.05, 0) is 30.7 Å². The summed E-state index contributed by atoms with van der Waals surface area (Å²) in [5.41, 5.74) is -0.206. The Morgan fingerprint density at radius 1 is 0.963 bits per heavy atom. The lowest BCUT2D eigenvalue weighted by Crippen LogP contribution is -2.35. The third-order valence-corrected chi connectivity index (χ3v) is 4.19. The molecule has 8 heteroatoms. The number of carbonyl (C=O) groups is 2. The molecule has 2 N–H and O–H groups in total. The maximum Gasteiger partial charge on any atom is 0.255 e. The number of carbonyl (C=O) groups excluding carboxylic acids is 2. The topological polar surface area (TPSA) is 67.4 Å². The predicted molar refractivity (Wildman–Crippen MR) is 103 cm³/mol. The highest BCUT2D eigenvalue weighted by atomic mass is 35.5. The average Bonchev–Trinajstić information content (AvgIpc) is 2.63. The molecule has 0 aliphatic carbocycles. The summed E-state index contributed by atoms with van der Waals surface area (Å²) in [7, 11) is 0. The van der Waals surface area contributed by atoms with Crippen molar-refractivity contribution in [1.29, 1.82) is 0 Å². The fourth-order valence-corrected chi connectivity index (χ4v) is 2.69. The smallest absolute Gasteiger partial charge is 0.255 e. The summed E-state index contributed by atoms with van der Waals surface area (Å²) in [5, 5.41) is 5.74. The van der Waals surface area contributed by atoms with Gasteiger partial charge in [-0.25, -0.2) is 4.39 Å². The van der Waals surface area contributed by atoms with Crippen LogP contribution >= 0.6 is 23.2 Å². The summed E-state index contributed by atoms with van der Waals surface area (Å²) < 4.78 is 19.1. The van der Waals surface area contributed by atoms with E-state index in [0.29, 0.717) is 23.8 Å². The number of amides is 2. The van der Waals surface area contributed by atoms with Crippen molar-refractivity contribution >= 4 is 35.0 Å². The number of rotatable bonds is 9. The van der Waals surface area contributed by atoms with Gasteiger partial charge in [-0.15, -0.1) is 0 Å². The van der Waals surface area contributed by atoms with Crippen LogP contribution in [0.4, 0.5) is 4.39 Å². The highest BCUT2D eigenvalue weighted by molar-refractivity contribution is 6.33. The van der Waals surface area contributed by atoms with E-state index in [1.165, 1.54) is 12.1 Å². The van der Waals surface area contributed by atoms with Crippen LogP contribution in [0, 0.1) is 5.82 Å². The molecule has 144 valence electrons. The first-order valence-electron chi connectivity index (χ1n) is 8.35. The molecule has 0 atom stereocenters. The van der Waals surface area contributed by atoms with Gasteiger partial charge in [-0.3, -0.25) is 9.59 Å². The highest BCUT2D eigenvalue weighted by Gasteiger charge is 2.15. The second kappa shape index (κ2) is 10.7. The van der Waals surface area contributed by atoms with Crippen molar-refractivity contribution in [1.82, 2.24) is 10.6 Å². The molecule has 2 amide bonds. The first kappa shape index (κ1) is 21.0. The van der Waals surface area contributed by atoms with Gasteiger partial charge in [0.15, 0.2) is 0 Å². The number of hydrogen-bond acceptors (Lipinski definition) is 3. The molecule has 0 fully saturated rings. The Morgan fingerprint density at radius 3 is 2.41 bits per heavy atom. The second-order valence-corrected chi connectivity index (χ2v) is 6.40. The Hall–Kier alpha value is -2.31. The zero-order chi connectivity index (χ0) is 19.6. The number of hydrogen-bond donors (Lipinski definition) is 2. The van der Waals surface area contributed by atoms with Gasteiger partial charge >= 0.3 is 0 Å². The van der Waals surface area contributed by atoms with E-state index >= 15 is 0 Å². The van der Waals surface area contributed by atoms with Crippen LogP contribution in [0.3, 0.4) is 0 Å². The van der Waals surface area contributed by atoms with Gasteiger partial charge in [0, 0.05) is 19.5 Å². The van der Waals surface area contributed by atoms with E-state index in [1.54, 1.807) is 12.1 Å². The highest BCUT2D eigenvalue weighted by Crippen LogP contribution is 2.23. The Bertz CT molecular complexity index is 782. The molecule has 0 saturated carbocycles. The summed E-state index contributed by atoms with van der Waals surface area (Å²) in [6, 6.07) is 11.1. The fourth-order valence-electron chi connectivity index (χ4n) is 2.25. The van der Waals surface area contributed by atoms with Crippen molar-refractivity contribution in [2.24, 2.45) is 0 Å². The second-order valence-electron chi connectivity index (χ2n) is 5.58.